The summed E-state index contributed by atoms with van der Waals surface area (Å²) in [6, 6.07) is 8.63. The molecule has 0 fully saturated rings. The summed E-state index contributed by atoms with van der Waals surface area (Å²) in [5, 5.41) is 14.6. The first-order valence-electron chi connectivity index (χ1n) is 7.38. The van der Waals surface area contributed by atoms with Crippen LogP contribution < -0.4 is 19.6 Å². The number of nitro groups is 1. The molecule has 26 heavy (non-hydrogen) atoms. The summed E-state index contributed by atoms with van der Waals surface area (Å²) < 4.78 is 15.7. The summed E-state index contributed by atoms with van der Waals surface area (Å²) in [4.78, 5) is 22.3. The molecule has 0 bridgehead atoms. The third kappa shape index (κ3) is 4.26. The molecular formula is C17H17N3O6. The Hall–Kier alpha value is -3.62. The number of hydrogen-bond acceptors (Lipinski definition) is 7. The van der Waals surface area contributed by atoms with Gasteiger partial charge in [-0.25, -0.2) is 5.43 Å². The molecule has 136 valence electrons. The summed E-state index contributed by atoms with van der Waals surface area (Å²) in [7, 11) is 4.47. The number of nitrogens with zero attached hydrogens (tertiary/aromatic N) is 2. The van der Waals surface area contributed by atoms with Gasteiger partial charge in [-0.3, -0.25) is 14.9 Å². The van der Waals surface area contributed by atoms with Crippen LogP contribution >= 0.6 is 0 Å². The van der Waals surface area contributed by atoms with E-state index < -0.39 is 10.8 Å². The van der Waals surface area contributed by atoms with Gasteiger partial charge in [-0.05, 0) is 6.07 Å². The molecule has 0 saturated heterocycles. The molecule has 0 spiro atoms. The highest BCUT2D eigenvalue weighted by Crippen LogP contribution is 2.32. The van der Waals surface area contributed by atoms with Gasteiger partial charge in [0, 0.05) is 29.8 Å². The fraction of sp³-hybridized carbons (Fsp3) is 0.176. The average molecular weight is 359 g/mol. The van der Waals surface area contributed by atoms with Gasteiger partial charge in [-0.2, -0.15) is 5.10 Å². The maximum Gasteiger partial charge on any atom is 0.271 e. The molecule has 0 aliphatic heterocycles. The second kappa shape index (κ2) is 8.47. The maximum atomic E-state index is 12.1. The van der Waals surface area contributed by atoms with Crippen LogP contribution in [0.2, 0.25) is 0 Å². The van der Waals surface area contributed by atoms with Crippen LogP contribution in [0.25, 0.3) is 0 Å². The number of carbonyl (C=O) groups excluding carboxylic acids is 1. The van der Waals surface area contributed by atoms with Crippen molar-refractivity contribution in [2.45, 2.75) is 0 Å². The summed E-state index contributed by atoms with van der Waals surface area (Å²) in [6.45, 7) is 0. The molecule has 0 aliphatic rings. The monoisotopic (exact) mass is 359 g/mol. The summed E-state index contributed by atoms with van der Waals surface area (Å²) in [5.74, 6) is 0.831. The molecule has 2 aromatic carbocycles. The second-order valence-corrected chi connectivity index (χ2v) is 4.95. The van der Waals surface area contributed by atoms with Crippen molar-refractivity contribution >= 4 is 17.8 Å². The van der Waals surface area contributed by atoms with Crippen molar-refractivity contribution in [3.63, 3.8) is 0 Å². The van der Waals surface area contributed by atoms with E-state index in [1.165, 1.54) is 51.8 Å². The molecule has 0 heterocycles. The summed E-state index contributed by atoms with van der Waals surface area (Å²) in [5.41, 5.74) is 2.74. The van der Waals surface area contributed by atoms with Crippen LogP contribution in [0.5, 0.6) is 17.2 Å². The van der Waals surface area contributed by atoms with Gasteiger partial charge in [0.15, 0.2) is 0 Å². The Morgan fingerprint density at radius 2 is 1.77 bits per heavy atom. The number of rotatable bonds is 7. The molecule has 0 aromatic heterocycles. The molecule has 0 atom stereocenters. The van der Waals surface area contributed by atoms with E-state index in [1.807, 2.05) is 0 Å². The quantitative estimate of drug-likeness (QED) is 0.461. The molecule has 0 radical (unpaired) electrons. The number of hydrazone groups is 1. The van der Waals surface area contributed by atoms with E-state index in [0.29, 0.717) is 22.8 Å². The number of non-ortho nitro benzene ring substituents is 1. The van der Waals surface area contributed by atoms with Gasteiger partial charge in [0.1, 0.15) is 17.2 Å². The maximum absolute atomic E-state index is 12.1. The SMILES string of the molecule is COc1cc(OC)c(/C=N/NC(=O)c2cccc([N+](=O)[O-])c2)c(OC)c1. The van der Waals surface area contributed by atoms with Gasteiger partial charge >= 0.3 is 0 Å². The zero-order chi connectivity index (χ0) is 19.1. The van der Waals surface area contributed by atoms with E-state index in [2.05, 4.69) is 10.5 Å². The lowest BCUT2D eigenvalue weighted by Gasteiger charge is -2.12. The first-order valence-corrected chi connectivity index (χ1v) is 7.38. The summed E-state index contributed by atoms with van der Waals surface area (Å²) in [6.07, 6.45) is 1.35. The number of hydrogen-bond donors (Lipinski definition) is 1. The number of benzene rings is 2. The molecule has 1 amide bonds. The molecule has 0 aliphatic carbocycles. The zero-order valence-corrected chi connectivity index (χ0v) is 14.4. The van der Waals surface area contributed by atoms with Gasteiger partial charge in [0.2, 0.25) is 0 Å². The minimum Gasteiger partial charge on any atom is -0.496 e. The smallest absolute Gasteiger partial charge is 0.271 e. The number of amides is 1. The Kier molecular flexibility index (Phi) is 6.10. The molecule has 9 heteroatoms. The van der Waals surface area contributed by atoms with Crippen LogP contribution in [-0.2, 0) is 0 Å². The molecule has 9 nitrogen and oxygen atoms in total. The topological polar surface area (TPSA) is 112 Å². The predicted molar refractivity (Wildman–Crippen MR) is 94.3 cm³/mol. The zero-order valence-electron chi connectivity index (χ0n) is 14.4. The van der Waals surface area contributed by atoms with Gasteiger partial charge in [0.05, 0.1) is 38.0 Å². The van der Waals surface area contributed by atoms with E-state index in [9.17, 15) is 14.9 Å². The van der Waals surface area contributed by atoms with Gasteiger partial charge in [-0.1, -0.05) is 6.07 Å². The third-order valence-corrected chi connectivity index (χ3v) is 3.43. The Labute approximate surface area is 149 Å². The largest absolute Gasteiger partial charge is 0.496 e. The second-order valence-electron chi connectivity index (χ2n) is 4.95. The average Bonchev–Trinajstić information content (AvgIpc) is 2.67. The van der Waals surface area contributed by atoms with Crippen molar-refractivity contribution in [2.24, 2.45) is 5.10 Å². The minimum absolute atomic E-state index is 0.116. The van der Waals surface area contributed by atoms with Crippen molar-refractivity contribution in [1.82, 2.24) is 5.43 Å². The highest BCUT2D eigenvalue weighted by Gasteiger charge is 2.13. The van der Waals surface area contributed by atoms with Crippen LogP contribution in [0.1, 0.15) is 15.9 Å². The third-order valence-electron chi connectivity index (χ3n) is 3.43. The first-order chi connectivity index (χ1) is 12.5. The fourth-order valence-electron chi connectivity index (χ4n) is 2.14. The highest BCUT2D eigenvalue weighted by molar-refractivity contribution is 5.96. The number of nitro benzene ring substituents is 1. The van der Waals surface area contributed by atoms with Crippen LogP contribution in [-0.4, -0.2) is 38.4 Å². The Morgan fingerprint density at radius 1 is 1.12 bits per heavy atom. The molecule has 1 N–H and O–H groups in total. The fourth-order valence-corrected chi connectivity index (χ4v) is 2.14. The lowest BCUT2D eigenvalue weighted by Crippen LogP contribution is -2.17. The molecule has 0 saturated carbocycles. The van der Waals surface area contributed by atoms with Crippen molar-refractivity contribution < 1.29 is 23.9 Å². The predicted octanol–water partition coefficient (Wildman–Crippen LogP) is 2.38. The van der Waals surface area contributed by atoms with E-state index >= 15 is 0 Å². The molecule has 2 aromatic rings. The number of ether oxygens (including phenoxy) is 3. The molecule has 0 unspecified atom stereocenters. The standard InChI is InChI=1S/C17H17N3O6/c1-24-13-8-15(25-2)14(16(9-13)26-3)10-18-19-17(21)11-5-4-6-12(7-11)20(22)23/h4-10H,1-3H3,(H,19,21)/b18-10+. The molecular weight excluding hydrogens is 342 g/mol. The van der Waals surface area contributed by atoms with Crippen LogP contribution in [0.4, 0.5) is 5.69 Å². The van der Waals surface area contributed by atoms with E-state index in [1.54, 1.807) is 12.1 Å². The van der Waals surface area contributed by atoms with Crippen LogP contribution in [0, 0.1) is 10.1 Å². The van der Waals surface area contributed by atoms with Crippen molar-refractivity contribution in [3.8, 4) is 17.2 Å². The van der Waals surface area contributed by atoms with Crippen molar-refractivity contribution in [2.75, 3.05) is 21.3 Å². The molecule has 2 rings (SSSR count). The Morgan fingerprint density at radius 3 is 2.31 bits per heavy atom. The Balaban J connectivity index is 2.21. The van der Waals surface area contributed by atoms with Crippen molar-refractivity contribution in [1.29, 1.82) is 0 Å². The van der Waals surface area contributed by atoms with Crippen LogP contribution in [0.15, 0.2) is 41.5 Å². The number of carbonyl (C=O) groups is 1. The van der Waals surface area contributed by atoms with E-state index in [4.69, 9.17) is 14.2 Å². The van der Waals surface area contributed by atoms with Gasteiger partial charge in [0.25, 0.3) is 11.6 Å². The number of methoxy groups -OCH3 is 3. The van der Waals surface area contributed by atoms with Crippen molar-refractivity contribution in [3.05, 3.63) is 57.6 Å². The van der Waals surface area contributed by atoms with Crippen LogP contribution in [0.3, 0.4) is 0 Å². The first kappa shape index (κ1) is 18.7. The number of nitrogens with one attached hydrogen (secondary N) is 1. The lowest BCUT2D eigenvalue weighted by molar-refractivity contribution is -0.384. The van der Waals surface area contributed by atoms with E-state index in [-0.39, 0.29) is 11.3 Å². The minimum atomic E-state index is -0.587. The lowest BCUT2D eigenvalue weighted by atomic mass is 10.2. The normalized spacial score (nSPS) is 10.4. The van der Waals surface area contributed by atoms with Gasteiger partial charge in [-0.15, -0.1) is 0 Å². The summed E-state index contributed by atoms with van der Waals surface area (Å²) >= 11 is 0. The van der Waals surface area contributed by atoms with E-state index in [0.717, 1.165) is 0 Å². The Bertz CT molecular complexity index is 825. The van der Waals surface area contributed by atoms with Gasteiger partial charge < -0.3 is 14.2 Å². The highest BCUT2D eigenvalue weighted by atomic mass is 16.6.